The second kappa shape index (κ2) is 6.73. The Hall–Kier alpha value is -1.17. The number of carbonyl (C=O) groups excluding carboxylic acids is 1. The highest BCUT2D eigenvalue weighted by Crippen LogP contribution is 2.34. The number of benzene rings is 2. The van der Waals surface area contributed by atoms with Crippen LogP contribution in [0.4, 0.5) is 8.78 Å². The molecule has 0 saturated carbocycles. The lowest BCUT2D eigenvalue weighted by Crippen LogP contribution is -2.13. The molecule has 0 aliphatic rings. The molecule has 2 aromatic rings. The van der Waals surface area contributed by atoms with Gasteiger partial charge in [0.1, 0.15) is 17.4 Å². The molecule has 0 atom stereocenters. The minimum Gasteiger partial charge on any atom is -0.484 e. The number of ketones is 1. The molecule has 0 spiro atoms. The fourth-order valence-corrected chi connectivity index (χ4v) is 2.39. The Morgan fingerprint density at radius 2 is 1.86 bits per heavy atom. The molecule has 0 fully saturated rings. The Balaban J connectivity index is 2.15. The maximum atomic E-state index is 13.4. The van der Waals surface area contributed by atoms with Crippen molar-refractivity contribution in [1.29, 1.82) is 0 Å². The van der Waals surface area contributed by atoms with Crippen LogP contribution < -0.4 is 4.74 Å². The number of Topliss-reactive ketones (excluding diaryl/α,β-unsaturated/α-hetero) is 1. The fraction of sp³-hybridized carbons (Fsp3) is 0.0714. The summed E-state index contributed by atoms with van der Waals surface area (Å²) < 4.78 is 32.3. The molecular weight excluding hydrogens is 389 g/mol. The molecule has 2 nitrogen and oxygen atoms in total. The molecule has 2 aromatic carbocycles. The predicted octanol–water partition coefficient (Wildman–Crippen LogP) is 5.30. The molecule has 0 heterocycles. The van der Waals surface area contributed by atoms with E-state index in [1.165, 1.54) is 12.1 Å². The predicted molar refractivity (Wildman–Crippen MR) is 80.3 cm³/mol. The Morgan fingerprint density at radius 1 is 1.14 bits per heavy atom. The molecule has 0 unspecified atom stereocenters. The van der Waals surface area contributed by atoms with Crippen LogP contribution in [-0.4, -0.2) is 12.4 Å². The fourth-order valence-electron chi connectivity index (χ4n) is 1.55. The highest BCUT2D eigenvalue weighted by Gasteiger charge is 2.15. The molecule has 2 rings (SSSR count). The van der Waals surface area contributed by atoms with Crippen LogP contribution in [0.3, 0.4) is 0 Å². The van der Waals surface area contributed by atoms with Gasteiger partial charge in [-0.3, -0.25) is 4.79 Å². The van der Waals surface area contributed by atoms with Crippen molar-refractivity contribution < 1.29 is 18.3 Å². The Kier molecular flexibility index (Phi) is 5.19. The monoisotopic (exact) mass is 394 g/mol. The standard InChI is InChI=1S/C14H7BrCl2F2O2/c15-9-4-11(17)14(5-10(9)16)21-6-13(20)8-3-7(18)1-2-12(8)19/h1-5H,6H2. The lowest BCUT2D eigenvalue weighted by atomic mass is 10.1. The van der Waals surface area contributed by atoms with Gasteiger partial charge in [0.25, 0.3) is 0 Å². The third-order valence-corrected chi connectivity index (χ3v) is 4.05. The third-order valence-electron chi connectivity index (χ3n) is 2.56. The zero-order chi connectivity index (χ0) is 15.6. The molecule has 7 heteroatoms. The third kappa shape index (κ3) is 3.93. The van der Waals surface area contributed by atoms with Gasteiger partial charge in [0.2, 0.25) is 5.78 Å². The maximum absolute atomic E-state index is 13.4. The molecule has 0 radical (unpaired) electrons. The number of carbonyl (C=O) groups is 1. The van der Waals surface area contributed by atoms with Crippen LogP contribution in [0.5, 0.6) is 5.75 Å². The summed E-state index contributed by atoms with van der Waals surface area (Å²) in [5, 5.41) is 0.581. The van der Waals surface area contributed by atoms with Crippen molar-refractivity contribution in [3.8, 4) is 5.75 Å². The minimum absolute atomic E-state index is 0.176. The van der Waals surface area contributed by atoms with Gasteiger partial charge in [-0.2, -0.15) is 0 Å². The van der Waals surface area contributed by atoms with Gasteiger partial charge in [-0.15, -0.1) is 0 Å². The second-order valence-corrected chi connectivity index (χ2v) is 5.70. The van der Waals surface area contributed by atoms with Crippen LogP contribution in [0, 0.1) is 11.6 Å². The van der Waals surface area contributed by atoms with E-state index in [0.29, 0.717) is 9.50 Å². The molecule has 0 amide bonds. The maximum Gasteiger partial charge on any atom is 0.203 e. The Morgan fingerprint density at radius 3 is 2.57 bits per heavy atom. The zero-order valence-electron chi connectivity index (χ0n) is 10.3. The van der Waals surface area contributed by atoms with Crippen molar-refractivity contribution in [2.45, 2.75) is 0 Å². The van der Waals surface area contributed by atoms with Crippen molar-refractivity contribution in [3.63, 3.8) is 0 Å². The highest BCUT2D eigenvalue weighted by molar-refractivity contribution is 9.10. The van der Waals surface area contributed by atoms with Gasteiger partial charge < -0.3 is 4.74 Å². The zero-order valence-corrected chi connectivity index (χ0v) is 13.4. The molecule has 110 valence electrons. The van der Waals surface area contributed by atoms with Crippen molar-refractivity contribution in [1.82, 2.24) is 0 Å². The van der Waals surface area contributed by atoms with Gasteiger partial charge in [0, 0.05) is 10.5 Å². The van der Waals surface area contributed by atoms with Gasteiger partial charge in [0.05, 0.1) is 15.6 Å². The molecule has 0 bridgehead atoms. The first-order valence-electron chi connectivity index (χ1n) is 5.64. The van der Waals surface area contributed by atoms with Crippen molar-refractivity contribution in [2.75, 3.05) is 6.61 Å². The minimum atomic E-state index is -0.815. The number of ether oxygens (including phenoxy) is 1. The summed E-state index contributed by atoms with van der Waals surface area (Å²) in [7, 11) is 0. The quantitative estimate of drug-likeness (QED) is 0.519. The van der Waals surface area contributed by atoms with E-state index in [4.69, 9.17) is 27.9 Å². The molecule has 21 heavy (non-hydrogen) atoms. The summed E-state index contributed by atoms with van der Waals surface area (Å²) in [5.74, 6) is -2.05. The van der Waals surface area contributed by atoms with Gasteiger partial charge in [-0.25, -0.2) is 8.78 Å². The van der Waals surface area contributed by atoms with E-state index in [1.807, 2.05) is 0 Å². The number of hydrogen-bond acceptors (Lipinski definition) is 2. The van der Waals surface area contributed by atoms with Crippen LogP contribution in [0.25, 0.3) is 0 Å². The second-order valence-electron chi connectivity index (χ2n) is 4.03. The van der Waals surface area contributed by atoms with E-state index >= 15 is 0 Å². The highest BCUT2D eigenvalue weighted by atomic mass is 79.9. The van der Waals surface area contributed by atoms with Crippen molar-refractivity contribution in [3.05, 3.63) is 62.0 Å². The Labute approximate surface area is 137 Å². The number of rotatable bonds is 4. The van der Waals surface area contributed by atoms with E-state index in [-0.39, 0.29) is 16.3 Å². The summed E-state index contributed by atoms with van der Waals surface area (Å²) in [6.45, 7) is -0.488. The van der Waals surface area contributed by atoms with Crippen LogP contribution in [-0.2, 0) is 0 Å². The first-order chi connectivity index (χ1) is 9.88. The summed E-state index contributed by atoms with van der Waals surface area (Å²) in [4.78, 5) is 11.8. The molecule has 0 aliphatic heterocycles. The summed E-state index contributed by atoms with van der Waals surface area (Å²) in [6.07, 6.45) is 0. The summed E-state index contributed by atoms with van der Waals surface area (Å²) in [6, 6.07) is 5.55. The average molecular weight is 396 g/mol. The first-order valence-corrected chi connectivity index (χ1v) is 7.19. The van der Waals surface area contributed by atoms with E-state index in [1.54, 1.807) is 0 Å². The Bertz CT molecular complexity index is 708. The van der Waals surface area contributed by atoms with E-state index in [2.05, 4.69) is 15.9 Å². The van der Waals surface area contributed by atoms with Crippen LogP contribution >= 0.6 is 39.1 Å². The normalized spacial score (nSPS) is 10.5. The largest absolute Gasteiger partial charge is 0.484 e. The topological polar surface area (TPSA) is 26.3 Å². The smallest absolute Gasteiger partial charge is 0.203 e. The van der Waals surface area contributed by atoms with Crippen LogP contribution in [0.15, 0.2) is 34.8 Å². The van der Waals surface area contributed by atoms with E-state index in [0.717, 1.165) is 18.2 Å². The van der Waals surface area contributed by atoms with Gasteiger partial charge >= 0.3 is 0 Å². The lowest BCUT2D eigenvalue weighted by molar-refractivity contribution is 0.0917. The lowest BCUT2D eigenvalue weighted by Gasteiger charge is -2.09. The molecule has 0 aromatic heterocycles. The van der Waals surface area contributed by atoms with Gasteiger partial charge in [0.15, 0.2) is 6.61 Å². The average Bonchev–Trinajstić information content (AvgIpc) is 2.43. The first kappa shape index (κ1) is 16.2. The van der Waals surface area contributed by atoms with Gasteiger partial charge in [-0.05, 0) is 40.2 Å². The summed E-state index contributed by atoms with van der Waals surface area (Å²) >= 11 is 15.0. The number of hydrogen-bond donors (Lipinski definition) is 0. The summed E-state index contributed by atoms with van der Waals surface area (Å²) in [5.41, 5.74) is -0.380. The molecule has 0 saturated heterocycles. The van der Waals surface area contributed by atoms with Crippen LogP contribution in [0.1, 0.15) is 10.4 Å². The van der Waals surface area contributed by atoms with Crippen molar-refractivity contribution in [2.24, 2.45) is 0 Å². The van der Waals surface area contributed by atoms with E-state index < -0.39 is 24.0 Å². The molecule has 0 aliphatic carbocycles. The van der Waals surface area contributed by atoms with Crippen LogP contribution in [0.2, 0.25) is 10.0 Å². The SMILES string of the molecule is O=C(COc1cc(Cl)c(Br)cc1Cl)c1cc(F)ccc1F. The molecule has 0 N–H and O–H groups in total. The van der Waals surface area contributed by atoms with Gasteiger partial charge in [-0.1, -0.05) is 23.2 Å². The van der Waals surface area contributed by atoms with E-state index in [9.17, 15) is 13.6 Å². The van der Waals surface area contributed by atoms with Crippen molar-refractivity contribution >= 4 is 44.9 Å². The number of halogens is 5. The molecular formula is C14H7BrCl2F2O2.